The van der Waals surface area contributed by atoms with Crippen molar-refractivity contribution >= 4 is 11.6 Å². The van der Waals surface area contributed by atoms with Crippen molar-refractivity contribution < 1.29 is 5.11 Å². The van der Waals surface area contributed by atoms with Crippen LogP contribution in [0, 0.1) is 5.92 Å². The van der Waals surface area contributed by atoms with E-state index in [0.717, 1.165) is 31.1 Å². The van der Waals surface area contributed by atoms with E-state index in [1.807, 2.05) is 6.07 Å². The first kappa shape index (κ1) is 11.7. The quantitative estimate of drug-likeness (QED) is 0.840. The Hall–Kier alpha value is -1.36. The molecular formula is C13H20N4O. The molecule has 1 unspecified atom stereocenters. The van der Waals surface area contributed by atoms with Crippen molar-refractivity contribution in [3.05, 3.63) is 12.4 Å². The lowest BCUT2D eigenvalue weighted by Crippen LogP contribution is -2.28. The summed E-state index contributed by atoms with van der Waals surface area (Å²) < 4.78 is 0. The van der Waals surface area contributed by atoms with Crippen LogP contribution in [0.25, 0.3) is 0 Å². The third-order valence-electron chi connectivity index (χ3n) is 3.98. The predicted molar refractivity (Wildman–Crippen MR) is 70.7 cm³/mol. The molecule has 18 heavy (non-hydrogen) atoms. The van der Waals surface area contributed by atoms with Gasteiger partial charge in [-0.05, 0) is 25.7 Å². The van der Waals surface area contributed by atoms with Gasteiger partial charge in [0.2, 0.25) is 0 Å². The molecule has 1 atom stereocenters. The van der Waals surface area contributed by atoms with Crippen LogP contribution in [0.15, 0.2) is 12.4 Å². The number of anilines is 2. The Morgan fingerprint density at radius 3 is 2.89 bits per heavy atom. The van der Waals surface area contributed by atoms with E-state index < -0.39 is 0 Å². The van der Waals surface area contributed by atoms with Crippen molar-refractivity contribution in [1.29, 1.82) is 0 Å². The van der Waals surface area contributed by atoms with Gasteiger partial charge in [0.05, 0.1) is 0 Å². The molecule has 0 aromatic carbocycles. The van der Waals surface area contributed by atoms with Crippen LogP contribution in [0.3, 0.4) is 0 Å². The van der Waals surface area contributed by atoms with Gasteiger partial charge in [-0.25, -0.2) is 9.97 Å². The van der Waals surface area contributed by atoms with E-state index >= 15 is 0 Å². The highest BCUT2D eigenvalue weighted by Crippen LogP contribution is 2.25. The van der Waals surface area contributed by atoms with Gasteiger partial charge in [0, 0.05) is 37.7 Å². The van der Waals surface area contributed by atoms with E-state index in [0.29, 0.717) is 12.0 Å². The number of hydrogen-bond donors (Lipinski definition) is 2. The lowest BCUT2D eigenvalue weighted by atomic mass is 9.93. The first-order chi connectivity index (χ1) is 8.85. The van der Waals surface area contributed by atoms with Crippen molar-refractivity contribution in [2.24, 2.45) is 5.92 Å². The number of nitrogens with one attached hydrogen (secondary N) is 1. The monoisotopic (exact) mass is 248 g/mol. The van der Waals surface area contributed by atoms with E-state index in [1.165, 1.54) is 19.3 Å². The summed E-state index contributed by atoms with van der Waals surface area (Å²) >= 11 is 0. The molecule has 0 bridgehead atoms. The minimum Gasteiger partial charge on any atom is -0.396 e. The molecule has 5 nitrogen and oxygen atoms in total. The van der Waals surface area contributed by atoms with Gasteiger partial charge in [0.25, 0.3) is 0 Å². The number of aliphatic hydroxyl groups is 1. The maximum absolute atomic E-state index is 9.17. The van der Waals surface area contributed by atoms with Gasteiger partial charge in [-0.3, -0.25) is 0 Å². The Balaban J connectivity index is 1.66. The highest BCUT2D eigenvalue weighted by molar-refractivity contribution is 5.49. The Bertz CT molecular complexity index is 408. The molecule has 0 radical (unpaired) electrons. The van der Waals surface area contributed by atoms with Crippen LogP contribution >= 0.6 is 0 Å². The summed E-state index contributed by atoms with van der Waals surface area (Å²) in [7, 11) is 0. The molecule has 2 N–H and O–H groups in total. The lowest BCUT2D eigenvalue weighted by Gasteiger charge is -2.27. The average Bonchev–Trinajstić information content (AvgIpc) is 2.83. The molecule has 1 saturated heterocycles. The van der Waals surface area contributed by atoms with Gasteiger partial charge in [-0.2, -0.15) is 0 Å². The second-order valence-corrected chi connectivity index (χ2v) is 5.32. The first-order valence-electron chi connectivity index (χ1n) is 6.79. The summed E-state index contributed by atoms with van der Waals surface area (Å²) in [6.45, 7) is 2.15. The topological polar surface area (TPSA) is 61.3 Å². The second kappa shape index (κ2) is 5.10. The standard InChI is InChI=1S/C13H20N4O/c18-8-10-4-5-17(7-10)13-6-12(14-9-15-13)16-11-2-1-3-11/h6,9-11,18H,1-5,7-8H2,(H,14,15,16). The number of rotatable bonds is 4. The van der Waals surface area contributed by atoms with Crippen LogP contribution in [0.5, 0.6) is 0 Å². The summed E-state index contributed by atoms with van der Waals surface area (Å²) in [6, 6.07) is 2.62. The number of aromatic nitrogens is 2. The Morgan fingerprint density at radius 1 is 1.33 bits per heavy atom. The normalized spacial score (nSPS) is 24.1. The molecule has 5 heteroatoms. The maximum Gasteiger partial charge on any atom is 0.134 e. The van der Waals surface area contributed by atoms with E-state index in [9.17, 15) is 5.11 Å². The third-order valence-corrected chi connectivity index (χ3v) is 3.98. The molecule has 0 spiro atoms. The SMILES string of the molecule is OCC1CCN(c2cc(NC3CCC3)ncn2)C1. The van der Waals surface area contributed by atoms with Crippen LogP contribution in [0.2, 0.25) is 0 Å². The predicted octanol–water partition coefficient (Wildman–Crippen LogP) is 1.26. The zero-order valence-corrected chi connectivity index (χ0v) is 10.5. The molecule has 98 valence electrons. The summed E-state index contributed by atoms with van der Waals surface area (Å²) in [5.41, 5.74) is 0. The van der Waals surface area contributed by atoms with Crippen LogP contribution in [-0.2, 0) is 0 Å². The Kier molecular flexibility index (Phi) is 3.32. The second-order valence-electron chi connectivity index (χ2n) is 5.32. The highest BCUT2D eigenvalue weighted by atomic mass is 16.3. The van der Waals surface area contributed by atoms with Crippen LogP contribution in [0.1, 0.15) is 25.7 Å². The molecule has 2 aliphatic rings. The number of aliphatic hydroxyl groups excluding tert-OH is 1. The van der Waals surface area contributed by atoms with Gasteiger partial charge in [-0.1, -0.05) is 0 Å². The molecule has 1 saturated carbocycles. The van der Waals surface area contributed by atoms with E-state index in [2.05, 4.69) is 20.2 Å². The highest BCUT2D eigenvalue weighted by Gasteiger charge is 2.23. The summed E-state index contributed by atoms with van der Waals surface area (Å²) in [5.74, 6) is 2.29. The van der Waals surface area contributed by atoms with Gasteiger partial charge < -0.3 is 15.3 Å². The molecule has 1 aromatic rings. The molecule has 0 amide bonds. The van der Waals surface area contributed by atoms with E-state index in [-0.39, 0.29) is 6.61 Å². The fourth-order valence-corrected chi connectivity index (χ4v) is 2.55. The maximum atomic E-state index is 9.17. The molecule has 3 rings (SSSR count). The van der Waals surface area contributed by atoms with Crippen molar-refractivity contribution in [2.45, 2.75) is 31.7 Å². The van der Waals surface area contributed by atoms with Crippen molar-refractivity contribution in [3.8, 4) is 0 Å². The molecule has 2 heterocycles. The summed E-state index contributed by atoms with van der Waals surface area (Å²) in [6.07, 6.45) is 6.49. The van der Waals surface area contributed by atoms with Crippen LogP contribution < -0.4 is 10.2 Å². The van der Waals surface area contributed by atoms with Crippen molar-refractivity contribution in [3.63, 3.8) is 0 Å². The minimum absolute atomic E-state index is 0.273. The van der Waals surface area contributed by atoms with Gasteiger partial charge in [0.1, 0.15) is 18.0 Å². The summed E-state index contributed by atoms with van der Waals surface area (Å²) in [4.78, 5) is 10.8. The Labute approximate surface area is 107 Å². The first-order valence-corrected chi connectivity index (χ1v) is 6.79. The lowest BCUT2D eigenvalue weighted by molar-refractivity contribution is 0.238. The third kappa shape index (κ3) is 2.41. The van der Waals surface area contributed by atoms with Crippen LogP contribution in [0.4, 0.5) is 11.6 Å². The fourth-order valence-electron chi connectivity index (χ4n) is 2.55. The molecule has 2 fully saturated rings. The number of hydrogen-bond acceptors (Lipinski definition) is 5. The molecule has 1 aromatic heterocycles. The van der Waals surface area contributed by atoms with E-state index in [4.69, 9.17) is 0 Å². The zero-order chi connectivity index (χ0) is 12.4. The zero-order valence-electron chi connectivity index (χ0n) is 10.5. The molecular weight excluding hydrogens is 228 g/mol. The smallest absolute Gasteiger partial charge is 0.134 e. The van der Waals surface area contributed by atoms with Crippen LogP contribution in [-0.4, -0.2) is 40.8 Å². The number of nitrogens with zero attached hydrogens (tertiary/aromatic N) is 3. The van der Waals surface area contributed by atoms with Gasteiger partial charge in [0.15, 0.2) is 0 Å². The van der Waals surface area contributed by atoms with Gasteiger partial charge >= 0.3 is 0 Å². The average molecular weight is 248 g/mol. The minimum atomic E-state index is 0.273. The Morgan fingerprint density at radius 2 is 2.22 bits per heavy atom. The van der Waals surface area contributed by atoms with E-state index in [1.54, 1.807) is 6.33 Å². The van der Waals surface area contributed by atoms with Crippen molar-refractivity contribution in [2.75, 3.05) is 29.9 Å². The summed E-state index contributed by atoms with van der Waals surface area (Å²) in [5, 5.41) is 12.6. The molecule has 1 aliphatic carbocycles. The fraction of sp³-hybridized carbons (Fsp3) is 0.692. The van der Waals surface area contributed by atoms with Gasteiger partial charge in [-0.15, -0.1) is 0 Å². The molecule has 1 aliphatic heterocycles. The van der Waals surface area contributed by atoms with Crippen molar-refractivity contribution in [1.82, 2.24) is 9.97 Å². The largest absolute Gasteiger partial charge is 0.396 e.